The van der Waals surface area contributed by atoms with Crippen molar-refractivity contribution < 1.29 is 8.78 Å². The van der Waals surface area contributed by atoms with E-state index in [1.54, 1.807) is 6.08 Å². The Hall–Kier alpha value is -10.0. The molecule has 0 amide bonds. The molecule has 1 aliphatic rings. The number of fused-ring (bicyclic) bond motifs is 9. The average molecular weight is 1010 g/mol. The van der Waals surface area contributed by atoms with Gasteiger partial charge in [0.2, 0.25) is 0 Å². The number of para-hydroxylation sites is 2. The maximum atomic E-state index is 14.3. The second-order valence-corrected chi connectivity index (χ2v) is 20.3. The Bertz CT molecular complexity index is 4770. The Morgan fingerprint density at radius 3 is 1.47 bits per heavy atom. The molecular formula is C72H48F2N4. The van der Waals surface area contributed by atoms with E-state index in [-0.39, 0.29) is 11.6 Å². The van der Waals surface area contributed by atoms with Gasteiger partial charge in [0.15, 0.2) is 0 Å². The minimum Gasteiger partial charge on any atom is -0.313 e. The lowest BCUT2D eigenvalue weighted by Crippen LogP contribution is -2.10. The van der Waals surface area contributed by atoms with Crippen LogP contribution in [0.4, 0.5) is 42.9 Å². The van der Waals surface area contributed by atoms with E-state index in [1.165, 1.54) is 28.3 Å². The number of rotatable bonds is 9. The molecular weight excluding hydrogens is 959 g/mol. The molecule has 0 bridgehead atoms. The molecule has 2 aromatic heterocycles. The first-order chi connectivity index (χ1) is 38.5. The van der Waals surface area contributed by atoms with Gasteiger partial charge in [-0.15, -0.1) is 0 Å². The van der Waals surface area contributed by atoms with Gasteiger partial charge < -0.3 is 18.9 Å². The van der Waals surface area contributed by atoms with E-state index >= 15 is 0 Å². The van der Waals surface area contributed by atoms with Crippen LogP contribution in [-0.4, -0.2) is 9.13 Å². The third-order valence-electron chi connectivity index (χ3n) is 15.8. The van der Waals surface area contributed by atoms with E-state index in [1.807, 2.05) is 18.2 Å². The first kappa shape index (κ1) is 45.4. The molecule has 0 N–H and O–H groups in total. The summed E-state index contributed by atoms with van der Waals surface area (Å²) in [5, 5.41) is 11.5. The van der Waals surface area contributed by atoms with Crippen molar-refractivity contribution in [1.82, 2.24) is 9.13 Å². The molecule has 2 heterocycles. The molecule has 14 aromatic rings. The first-order valence-electron chi connectivity index (χ1n) is 26.6. The summed E-state index contributed by atoms with van der Waals surface area (Å²) < 4.78 is 33.1. The second-order valence-electron chi connectivity index (χ2n) is 20.3. The van der Waals surface area contributed by atoms with Gasteiger partial charge in [-0.1, -0.05) is 140 Å². The summed E-state index contributed by atoms with van der Waals surface area (Å²) in [6, 6.07) is 90.0. The van der Waals surface area contributed by atoms with E-state index < -0.39 is 0 Å². The number of anilines is 6. The van der Waals surface area contributed by atoms with Gasteiger partial charge in [0, 0.05) is 73.2 Å². The van der Waals surface area contributed by atoms with Crippen LogP contribution in [0.3, 0.4) is 0 Å². The van der Waals surface area contributed by atoms with Gasteiger partial charge in [-0.3, -0.25) is 0 Å². The summed E-state index contributed by atoms with van der Waals surface area (Å²) in [4.78, 5) is 4.75. The molecule has 1 aliphatic carbocycles. The second kappa shape index (κ2) is 18.4. The largest absolute Gasteiger partial charge is 0.313 e. The van der Waals surface area contributed by atoms with Gasteiger partial charge in [-0.25, -0.2) is 8.78 Å². The molecule has 370 valence electrons. The van der Waals surface area contributed by atoms with Crippen molar-refractivity contribution in [3.8, 4) is 16.8 Å². The standard InChI is InChI=1S/C72H48F2N4/c73-52-27-35-55(36-28-52)77-69-20-7-5-15-64(69)66-45-59(39-41-71(66)77)75(57-33-23-47-11-1-3-13-50(47)43-57)54-31-25-49(26-32-54)61-17-9-19-63-62(61)18-10-22-68(63)76(58-34-24-48-12-2-4-14-51(48)44-58)60-40-42-72-67(46-60)65-16-6-8-21-70(65)78(72)56-37-29-53(74)30-38-56/h1-27,29-35,37-46H,28,36H2. The highest BCUT2D eigenvalue weighted by Crippen LogP contribution is 2.46. The Kier molecular flexibility index (Phi) is 10.7. The average Bonchev–Trinajstić information content (AvgIpc) is 4.21. The number of halogens is 2. The van der Waals surface area contributed by atoms with Crippen molar-refractivity contribution in [2.75, 3.05) is 9.80 Å². The molecule has 15 rings (SSSR count). The molecule has 6 heteroatoms. The predicted molar refractivity (Wildman–Crippen MR) is 324 cm³/mol. The van der Waals surface area contributed by atoms with E-state index in [4.69, 9.17) is 0 Å². The topological polar surface area (TPSA) is 16.3 Å². The predicted octanol–water partition coefficient (Wildman–Crippen LogP) is 20.6. The van der Waals surface area contributed by atoms with E-state index in [2.05, 4.69) is 249 Å². The van der Waals surface area contributed by atoms with Gasteiger partial charge in [0.05, 0.1) is 27.8 Å². The lowest BCUT2D eigenvalue weighted by atomic mass is 9.96. The van der Waals surface area contributed by atoms with Gasteiger partial charge in [0.1, 0.15) is 11.6 Å². The van der Waals surface area contributed by atoms with Gasteiger partial charge in [-0.05, 0) is 172 Å². The summed E-state index contributed by atoms with van der Waals surface area (Å²) in [5.41, 5.74) is 14.8. The summed E-state index contributed by atoms with van der Waals surface area (Å²) >= 11 is 0. The summed E-state index contributed by atoms with van der Waals surface area (Å²) in [6.07, 6.45) is 4.58. The van der Waals surface area contributed by atoms with Crippen LogP contribution in [-0.2, 0) is 0 Å². The number of benzene rings is 12. The van der Waals surface area contributed by atoms with E-state index in [0.29, 0.717) is 12.8 Å². The smallest absolute Gasteiger partial charge is 0.123 e. The van der Waals surface area contributed by atoms with Crippen LogP contribution in [0.25, 0.3) is 98.4 Å². The molecule has 0 radical (unpaired) electrons. The maximum Gasteiger partial charge on any atom is 0.123 e. The SMILES string of the molecule is FC1=CC=C(n2c3ccccc3c3cc(N(c4ccc(-c5cccc6c(N(c7ccc8ccccc8c7)c7ccc8c(c7)c7ccccc7n8-c7ccc(F)cc7)cccc56)cc4)c4ccc5ccccc5c4)ccc32)CC1. The number of allylic oxidation sites excluding steroid dienone is 4. The van der Waals surface area contributed by atoms with Crippen LogP contribution in [0.2, 0.25) is 0 Å². The lowest BCUT2D eigenvalue weighted by Gasteiger charge is -2.28. The molecule has 78 heavy (non-hydrogen) atoms. The van der Waals surface area contributed by atoms with Crippen LogP contribution >= 0.6 is 0 Å². The maximum absolute atomic E-state index is 14.3. The van der Waals surface area contributed by atoms with Crippen LogP contribution in [0.5, 0.6) is 0 Å². The van der Waals surface area contributed by atoms with Gasteiger partial charge in [0.25, 0.3) is 0 Å². The number of aromatic nitrogens is 2. The third kappa shape index (κ3) is 7.55. The molecule has 0 unspecified atom stereocenters. The minimum atomic E-state index is -0.260. The molecule has 0 aliphatic heterocycles. The van der Waals surface area contributed by atoms with Gasteiger partial charge >= 0.3 is 0 Å². The Labute approximate surface area is 449 Å². The van der Waals surface area contributed by atoms with Gasteiger partial charge in [-0.2, -0.15) is 0 Å². The zero-order valence-electron chi connectivity index (χ0n) is 42.4. The molecule has 0 fully saturated rings. The number of nitrogens with zero attached hydrogens (tertiary/aromatic N) is 4. The van der Waals surface area contributed by atoms with Crippen molar-refractivity contribution in [3.63, 3.8) is 0 Å². The van der Waals surface area contributed by atoms with Crippen LogP contribution in [0, 0.1) is 5.82 Å². The molecule has 4 nitrogen and oxygen atoms in total. The Morgan fingerprint density at radius 2 is 0.821 bits per heavy atom. The summed E-state index contributed by atoms with van der Waals surface area (Å²) in [5.74, 6) is -0.339. The quantitative estimate of drug-likeness (QED) is 0.143. The minimum absolute atomic E-state index is 0.0796. The van der Waals surface area contributed by atoms with E-state index in [9.17, 15) is 8.78 Å². The summed E-state index contributed by atoms with van der Waals surface area (Å²) in [6.45, 7) is 0. The fourth-order valence-electron chi connectivity index (χ4n) is 12.2. The molecule has 0 saturated heterocycles. The molecule has 0 spiro atoms. The Morgan fingerprint density at radius 1 is 0.321 bits per heavy atom. The number of hydrogen-bond donors (Lipinski definition) is 0. The zero-order chi connectivity index (χ0) is 51.8. The normalized spacial score (nSPS) is 12.8. The van der Waals surface area contributed by atoms with Crippen molar-refractivity contribution >= 4 is 116 Å². The van der Waals surface area contributed by atoms with Crippen molar-refractivity contribution in [2.24, 2.45) is 0 Å². The van der Waals surface area contributed by atoms with Crippen molar-refractivity contribution in [1.29, 1.82) is 0 Å². The Balaban J connectivity index is 0.864. The number of hydrogen-bond acceptors (Lipinski definition) is 2. The van der Waals surface area contributed by atoms with E-state index in [0.717, 1.165) is 116 Å². The summed E-state index contributed by atoms with van der Waals surface area (Å²) in [7, 11) is 0. The lowest BCUT2D eigenvalue weighted by molar-refractivity contribution is 0.587. The third-order valence-corrected chi connectivity index (χ3v) is 15.8. The van der Waals surface area contributed by atoms with Crippen LogP contribution < -0.4 is 9.80 Å². The highest BCUT2D eigenvalue weighted by atomic mass is 19.1. The molecule has 12 aromatic carbocycles. The molecule has 0 atom stereocenters. The van der Waals surface area contributed by atoms with Crippen molar-refractivity contribution in [2.45, 2.75) is 12.8 Å². The zero-order valence-corrected chi connectivity index (χ0v) is 42.4. The first-order valence-corrected chi connectivity index (χ1v) is 26.6. The fourth-order valence-corrected chi connectivity index (χ4v) is 12.2. The fraction of sp³-hybridized carbons (Fsp3) is 0.0278. The van der Waals surface area contributed by atoms with Crippen LogP contribution in [0.15, 0.2) is 273 Å². The monoisotopic (exact) mass is 1010 g/mol. The van der Waals surface area contributed by atoms with Crippen LogP contribution in [0.1, 0.15) is 12.8 Å². The highest BCUT2D eigenvalue weighted by Gasteiger charge is 2.23. The highest BCUT2D eigenvalue weighted by molar-refractivity contribution is 6.13. The molecule has 0 saturated carbocycles. The van der Waals surface area contributed by atoms with Crippen molar-refractivity contribution in [3.05, 3.63) is 279 Å².